The summed E-state index contributed by atoms with van der Waals surface area (Å²) in [5.74, 6) is 1.69. The normalized spacial score (nSPS) is 17.3. The molecule has 0 amide bonds. The Morgan fingerprint density at radius 3 is 2.59 bits per heavy atom. The summed E-state index contributed by atoms with van der Waals surface area (Å²) >= 11 is 6.04. The third-order valence-corrected chi connectivity index (χ3v) is 7.13. The Bertz CT molecular complexity index is 1280. The number of hydrogen-bond acceptors (Lipinski definition) is 7. The van der Waals surface area contributed by atoms with E-state index in [1.807, 2.05) is 18.3 Å². The van der Waals surface area contributed by atoms with Crippen LogP contribution < -0.4 is 10.2 Å². The minimum absolute atomic E-state index is 0. The van der Waals surface area contributed by atoms with Gasteiger partial charge in [-0.1, -0.05) is 11.6 Å². The summed E-state index contributed by atoms with van der Waals surface area (Å²) < 4.78 is 1.79. The zero-order valence-corrected chi connectivity index (χ0v) is 20.3. The molecule has 2 aliphatic heterocycles. The molecule has 2 saturated heterocycles. The van der Waals surface area contributed by atoms with E-state index in [4.69, 9.17) is 21.6 Å². The van der Waals surface area contributed by atoms with Gasteiger partial charge in [0.15, 0.2) is 5.82 Å². The highest BCUT2D eigenvalue weighted by Gasteiger charge is 2.37. The number of aromatic nitrogens is 6. The topological polar surface area (TPSA) is 84.7 Å². The summed E-state index contributed by atoms with van der Waals surface area (Å²) in [4.78, 5) is 21.1. The van der Waals surface area contributed by atoms with Crippen LogP contribution in [0.4, 0.5) is 5.82 Å². The van der Waals surface area contributed by atoms with E-state index in [0.717, 1.165) is 54.2 Å². The number of rotatable bonds is 4. The summed E-state index contributed by atoms with van der Waals surface area (Å²) in [7, 11) is 0. The standard InChI is InChI=1S/C24H25ClN8.ClH/c25-18-12-29-33(14-18)15-19-11-20-21(13-28-19)30-22(17-1-6-26-7-2-17)31-23(20)32-9-4-24(5-10-32)3-8-27-16-24;/h1-2,6-7,11-14,27H,3-5,8-10,15-16H2;1H. The van der Waals surface area contributed by atoms with Crippen LogP contribution in [0.15, 0.2) is 49.2 Å². The first-order chi connectivity index (χ1) is 16.2. The first kappa shape index (κ1) is 23.0. The molecule has 34 heavy (non-hydrogen) atoms. The van der Waals surface area contributed by atoms with Crippen LogP contribution in [0, 0.1) is 5.41 Å². The van der Waals surface area contributed by atoms with Gasteiger partial charge >= 0.3 is 0 Å². The van der Waals surface area contributed by atoms with Crippen LogP contribution in [0.25, 0.3) is 22.3 Å². The van der Waals surface area contributed by atoms with Crippen molar-refractivity contribution in [2.75, 3.05) is 31.1 Å². The maximum atomic E-state index is 6.04. The lowest BCUT2D eigenvalue weighted by Gasteiger charge is -2.39. The van der Waals surface area contributed by atoms with Crippen molar-refractivity contribution < 1.29 is 0 Å². The molecule has 0 atom stereocenters. The van der Waals surface area contributed by atoms with Gasteiger partial charge in [-0.3, -0.25) is 14.6 Å². The number of piperidine rings is 1. The second-order valence-electron chi connectivity index (χ2n) is 9.07. The molecule has 0 aliphatic carbocycles. The predicted molar refractivity (Wildman–Crippen MR) is 136 cm³/mol. The van der Waals surface area contributed by atoms with Crippen LogP contribution in [-0.2, 0) is 6.54 Å². The highest BCUT2D eigenvalue weighted by atomic mass is 35.5. The minimum atomic E-state index is 0. The Morgan fingerprint density at radius 2 is 1.88 bits per heavy atom. The van der Waals surface area contributed by atoms with Crippen LogP contribution in [-0.4, -0.2) is 55.9 Å². The Kier molecular flexibility index (Phi) is 6.38. The van der Waals surface area contributed by atoms with Gasteiger partial charge in [0.2, 0.25) is 0 Å². The molecule has 6 heterocycles. The maximum absolute atomic E-state index is 6.04. The predicted octanol–water partition coefficient (Wildman–Crippen LogP) is 3.99. The Balaban J connectivity index is 0.00000241. The summed E-state index contributed by atoms with van der Waals surface area (Å²) in [5, 5.41) is 9.48. The van der Waals surface area contributed by atoms with Crippen molar-refractivity contribution in [2.24, 2.45) is 5.41 Å². The Hall–Kier alpha value is -2.81. The minimum Gasteiger partial charge on any atom is -0.356 e. The van der Waals surface area contributed by atoms with E-state index < -0.39 is 0 Å². The average Bonchev–Trinajstić information content (AvgIpc) is 3.48. The molecule has 0 radical (unpaired) electrons. The molecule has 4 aromatic heterocycles. The summed E-state index contributed by atoms with van der Waals surface area (Å²) in [5.41, 5.74) is 3.14. The number of anilines is 1. The molecule has 2 fully saturated rings. The van der Waals surface area contributed by atoms with Crippen molar-refractivity contribution in [1.82, 2.24) is 35.0 Å². The van der Waals surface area contributed by atoms with E-state index in [1.54, 1.807) is 29.5 Å². The lowest BCUT2D eigenvalue weighted by atomic mass is 9.78. The van der Waals surface area contributed by atoms with Crippen molar-refractivity contribution in [1.29, 1.82) is 0 Å². The van der Waals surface area contributed by atoms with Gasteiger partial charge in [-0.15, -0.1) is 12.4 Å². The molecule has 0 aromatic carbocycles. The van der Waals surface area contributed by atoms with Gasteiger partial charge in [-0.2, -0.15) is 5.10 Å². The molecular formula is C24H26Cl2N8. The highest BCUT2D eigenvalue weighted by Crippen LogP contribution is 2.39. The van der Waals surface area contributed by atoms with E-state index in [0.29, 0.717) is 22.8 Å². The summed E-state index contributed by atoms with van der Waals surface area (Å²) in [6.07, 6.45) is 12.5. The maximum Gasteiger partial charge on any atom is 0.162 e. The van der Waals surface area contributed by atoms with Crippen LogP contribution >= 0.6 is 24.0 Å². The van der Waals surface area contributed by atoms with Crippen molar-refractivity contribution in [3.8, 4) is 11.4 Å². The summed E-state index contributed by atoms with van der Waals surface area (Å²) in [6, 6.07) is 5.99. The molecule has 6 rings (SSSR count). The molecule has 1 spiro atoms. The lowest BCUT2D eigenvalue weighted by Crippen LogP contribution is -2.41. The number of pyridine rings is 2. The van der Waals surface area contributed by atoms with Gasteiger partial charge in [0.05, 0.1) is 35.2 Å². The van der Waals surface area contributed by atoms with E-state index >= 15 is 0 Å². The number of nitrogens with zero attached hydrogens (tertiary/aromatic N) is 7. The van der Waals surface area contributed by atoms with Crippen LogP contribution in [0.5, 0.6) is 0 Å². The number of hydrogen-bond donors (Lipinski definition) is 1. The summed E-state index contributed by atoms with van der Waals surface area (Å²) in [6.45, 7) is 4.80. The fourth-order valence-corrected chi connectivity index (χ4v) is 5.18. The van der Waals surface area contributed by atoms with Gasteiger partial charge in [0, 0.05) is 49.2 Å². The van der Waals surface area contributed by atoms with Crippen LogP contribution in [0.1, 0.15) is 25.0 Å². The van der Waals surface area contributed by atoms with Gasteiger partial charge in [-0.25, -0.2) is 9.97 Å². The van der Waals surface area contributed by atoms with Gasteiger partial charge in [0.1, 0.15) is 5.82 Å². The first-order valence-electron chi connectivity index (χ1n) is 11.4. The number of fused-ring (bicyclic) bond motifs is 1. The first-order valence-corrected chi connectivity index (χ1v) is 11.8. The van der Waals surface area contributed by atoms with Crippen molar-refractivity contribution in [2.45, 2.75) is 25.8 Å². The van der Waals surface area contributed by atoms with Gasteiger partial charge in [0.25, 0.3) is 0 Å². The molecule has 0 unspecified atom stereocenters. The molecule has 176 valence electrons. The largest absolute Gasteiger partial charge is 0.356 e. The number of halogens is 2. The molecule has 1 N–H and O–H groups in total. The molecule has 10 heteroatoms. The van der Waals surface area contributed by atoms with E-state index in [9.17, 15) is 0 Å². The molecule has 2 aliphatic rings. The second kappa shape index (κ2) is 9.44. The molecule has 0 bridgehead atoms. The Morgan fingerprint density at radius 1 is 1.06 bits per heavy atom. The SMILES string of the molecule is Cl.Clc1cnn(Cc2cc3c(N4CCC5(CCNC5)CC4)nc(-c4ccncc4)nc3cn2)c1. The third-order valence-electron chi connectivity index (χ3n) is 6.94. The number of nitrogens with one attached hydrogen (secondary N) is 1. The van der Waals surface area contributed by atoms with Crippen molar-refractivity contribution >= 4 is 40.7 Å². The monoisotopic (exact) mass is 496 g/mol. The molecule has 4 aromatic rings. The van der Waals surface area contributed by atoms with Crippen molar-refractivity contribution in [3.63, 3.8) is 0 Å². The average molecular weight is 497 g/mol. The molecular weight excluding hydrogens is 471 g/mol. The molecule has 8 nitrogen and oxygen atoms in total. The van der Waals surface area contributed by atoms with Crippen LogP contribution in [0.2, 0.25) is 5.02 Å². The smallest absolute Gasteiger partial charge is 0.162 e. The lowest BCUT2D eigenvalue weighted by molar-refractivity contribution is 0.247. The second-order valence-corrected chi connectivity index (χ2v) is 9.51. The Labute approximate surface area is 209 Å². The fourth-order valence-electron chi connectivity index (χ4n) is 5.02. The van der Waals surface area contributed by atoms with Crippen molar-refractivity contribution in [3.05, 3.63) is 59.9 Å². The highest BCUT2D eigenvalue weighted by molar-refractivity contribution is 6.30. The quantitative estimate of drug-likeness (QED) is 0.457. The van der Waals surface area contributed by atoms with E-state index in [2.05, 4.69) is 31.3 Å². The van der Waals surface area contributed by atoms with Crippen LogP contribution in [0.3, 0.4) is 0 Å². The zero-order valence-electron chi connectivity index (χ0n) is 18.7. The fraction of sp³-hybridized carbons (Fsp3) is 0.375. The molecule has 0 saturated carbocycles. The van der Waals surface area contributed by atoms with Gasteiger partial charge in [-0.05, 0) is 49.4 Å². The van der Waals surface area contributed by atoms with E-state index in [1.165, 1.54) is 19.3 Å². The third kappa shape index (κ3) is 4.45. The van der Waals surface area contributed by atoms with Gasteiger partial charge < -0.3 is 10.2 Å². The van der Waals surface area contributed by atoms with E-state index in [-0.39, 0.29) is 12.4 Å². The zero-order chi connectivity index (χ0) is 22.3.